The second-order valence-corrected chi connectivity index (χ2v) is 4.52. The van der Waals surface area contributed by atoms with E-state index in [1.165, 1.54) is 32.6 Å². The average Bonchev–Trinajstić information content (AvgIpc) is 2.34. The SMILES string of the molecule is C#CCNCCN1CCN(C(C)CC)CC1. The van der Waals surface area contributed by atoms with Crippen LogP contribution in [0.4, 0.5) is 0 Å². The van der Waals surface area contributed by atoms with Gasteiger partial charge in [-0.1, -0.05) is 12.8 Å². The predicted octanol–water partition coefficient (Wildman–Crippen LogP) is 0.625. The Morgan fingerprint density at radius 2 is 2.00 bits per heavy atom. The summed E-state index contributed by atoms with van der Waals surface area (Å²) in [4.78, 5) is 5.10. The molecule has 16 heavy (non-hydrogen) atoms. The van der Waals surface area contributed by atoms with Gasteiger partial charge in [0, 0.05) is 45.3 Å². The van der Waals surface area contributed by atoms with Crippen molar-refractivity contribution in [3.05, 3.63) is 0 Å². The molecule has 0 amide bonds. The van der Waals surface area contributed by atoms with Gasteiger partial charge in [-0.3, -0.25) is 9.80 Å². The van der Waals surface area contributed by atoms with E-state index in [0.29, 0.717) is 6.54 Å². The summed E-state index contributed by atoms with van der Waals surface area (Å²) in [6, 6.07) is 0.738. The molecule has 0 aromatic carbocycles. The fourth-order valence-corrected chi connectivity index (χ4v) is 2.08. The zero-order valence-corrected chi connectivity index (χ0v) is 10.7. The van der Waals surface area contributed by atoms with Gasteiger partial charge in [-0.15, -0.1) is 6.42 Å². The summed E-state index contributed by atoms with van der Waals surface area (Å²) in [7, 11) is 0. The molecule has 1 rings (SSSR count). The van der Waals surface area contributed by atoms with Crippen LogP contribution in [0.15, 0.2) is 0 Å². The normalized spacial score (nSPS) is 20.6. The summed E-state index contributed by atoms with van der Waals surface area (Å²) < 4.78 is 0. The number of piperazine rings is 1. The lowest BCUT2D eigenvalue weighted by molar-refractivity contribution is 0.101. The molecule has 1 N–H and O–H groups in total. The van der Waals surface area contributed by atoms with Gasteiger partial charge < -0.3 is 5.32 Å². The number of nitrogens with zero attached hydrogens (tertiary/aromatic N) is 2. The summed E-state index contributed by atoms with van der Waals surface area (Å²) in [5.41, 5.74) is 0. The Morgan fingerprint density at radius 3 is 2.56 bits per heavy atom. The Labute approximate surface area is 100 Å². The fraction of sp³-hybridized carbons (Fsp3) is 0.846. The van der Waals surface area contributed by atoms with Gasteiger partial charge in [-0.05, 0) is 13.3 Å². The van der Waals surface area contributed by atoms with Crippen molar-refractivity contribution in [2.45, 2.75) is 26.3 Å². The van der Waals surface area contributed by atoms with Gasteiger partial charge in [0.1, 0.15) is 0 Å². The number of rotatable bonds is 6. The summed E-state index contributed by atoms with van der Waals surface area (Å²) in [6.07, 6.45) is 6.44. The molecule has 92 valence electrons. The minimum absolute atomic E-state index is 0.687. The minimum atomic E-state index is 0.687. The Bertz CT molecular complexity index is 214. The molecule has 3 nitrogen and oxygen atoms in total. The molecule has 1 aliphatic heterocycles. The molecule has 1 heterocycles. The molecule has 1 atom stereocenters. The third-order valence-corrected chi connectivity index (χ3v) is 3.45. The summed E-state index contributed by atoms with van der Waals surface area (Å²) in [5, 5.41) is 3.24. The van der Waals surface area contributed by atoms with Crippen LogP contribution in [0.3, 0.4) is 0 Å². The Balaban J connectivity index is 2.10. The van der Waals surface area contributed by atoms with E-state index >= 15 is 0 Å². The number of terminal acetylenes is 1. The maximum Gasteiger partial charge on any atom is 0.0574 e. The zero-order chi connectivity index (χ0) is 11.8. The van der Waals surface area contributed by atoms with Crippen molar-refractivity contribution in [2.24, 2.45) is 0 Å². The van der Waals surface area contributed by atoms with Crippen LogP contribution in [0, 0.1) is 12.3 Å². The van der Waals surface area contributed by atoms with Gasteiger partial charge in [0.05, 0.1) is 6.54 Å². The van der Waals surface area contributed by atoms with E-state index in [0.717, 1.165) is 19.1 Å². The molecule has 0 spiro atoms. The van der Waals surface area contributed by atoms with Gasteiger partial charge >= 0.3 is 0 Å². The lowest BCUT2D eigenvalue weighted by Gasteiger charge is -2.37. The van der Waals surface area contributed by atoms with Crippen molar-refractivity contribution in [1.29, 1.82) is 0 Å². The highest BCUT2D eigenvalue weighted by molar-refractivity contribution is 4.86. The van der Waals surface area contributed by atoms with Gasteiger partial charge in [0.15, 0.2) is 0 Å². The molecule has 3 heteroatoms. The van der Waals surface area contributed by atoms with Crippen molar-refractivity contribution >= 4 is 0 Å². The highest BCUT2D eigenvalue weighted by Gasteiger charge is 2.19. The molecule has 0 aromatic rings. The first-order chi connectivity index (χ1) is 7.77. The van der Waals surface area contributed by atoms with Gasteiger partial charge in [0.25, 0.3) is 0 Å². The van der Waals surface area contributed by atoms with Crippen LogP contribution in [0.25, 0.3) is 0 Å². The van der Waals surface area contributed by atoms with Crippen molar-refractivity contribution in [2.75, 3.05) is 45.8 Å². The standard InChI is InChI=1S/C13H25N3/c1-4-6-14-7-8-15-9-11-16(12-10-15)13(3)5-2/h1,13-14H,5-12H2,2-3H3. The second kappa shape index (κ2) is 7.67. The molecular formula is C13H25N3. The molecule has 1 saturated heterocycles. The third kappa shape index (κ3) is 4.52. The van der Waals surface area contributed by atoms with Gasteiger partial charge in [0.2, 0.25) is 0 Å². The topological polar surface area (TPSA) is 18.5 Å². The van der Waals surface area contributed by atoms with Crippen LogP contribution >= 0.6 is 0 Å². The predicted molar refractivity (Wildman–Crippen MR) is 69.5 cm³/mol. The number of hydrogen-bond donors (Lipinski definition) is 1. The molecular weight excluding hydrogens is 198 g/mol. The van der Waals surface area contributed by atoms with Crippen LogP contribution in [-0.2, 0) is 0 Å². The van der Waals surface area contributed by atoms with Crippen LogP contribution in [0.2, 0.25) is 0 Å². The first kappa shape index (κ1) is 13.5. The van der Waals surface area contributed by atoms with Gasteiger partial charge in [-0.2, -0.15) is 0 Å². The Morgan fingerprint density at radius 1 is 1.31 bits per heavy atom. The summed E-state index contributed by atoms with van der Waals surface area (Å²) >= 11 is 0. The van der Waals surface area contributed by atoms with E-state index in [4.69, 9.17) is 6.42 Å². The Hall–Kier alpha value is -0.560. The lowest BCUT2D eigenvalue weighted by Crippen LogP contribution is -2.50. The molecule has 1 unspecified atom stereocenters. The monoisotopic (exact) mass is 223 g/mol. The first-order valence-electron chi connectivity index (χ1n) is 6.38. The summed E-state index contributed by atoms with van der Waals surface area (Å²) in [6.45, 7) is 12.2. The van der Waals surface area contributed by atoms with Crippen molar-refractivity contribution in [3.63, 3.8) is 0 Å². The highest BCUT2D eigenvalue weighted by Crippen LogP contribution is 2.07. The number of nitrogens with one attached hydrogen (secondary N) is 1. The van der Waals surface area contributed by atoms with Crippen molar-refractivity contribution in [3.8, 4) is 12.3 Å². The fourth-order valence-electron chi connectivity index (χ4n) is 2.08. The molecule has 0 aliphatic carbocycles. The van der Waals surface area contributed by atoms with E-state index < -0.39 is 0 Å². The largest absolute Gasteiger partial charge is 0.305 e. The first-order valence-corrected chi connectivity index (χ1v) is 6.38. The molecule has 0 bridgehead atoms. The maximum absolute atomic E-state index is 5.18. The molecule has 0 radical (unpaired) electrons. The smallest absolute Gasteiger partial charge is 0.0574 e. The number of hydrogen-bond acceptors (Lipinski definition) is 3. The van der Waals surface area contributed by atoms with Crippen LogP contribution in [0.5, 0.6) is 0 Å². The van der Waals surface area contributed by atoms with Crippen LogP contribution in [0.1, 0.15) is 20.3 Å². The maximum atomic E-state index is 5.18. The molecule has 1 fully saturated rings. The molecule has 0 saturated carbocycles. The Kier molecular flexibility index (Phi) is 6.47. The van der Waals surface area contributed by atoms with E-state index in [2.05, 4.69) is 34.9 Å². The second-order valence-electron chi connectivity index (χ2n) is 4.52. The summed E-state index contributed by atoms with van der Waals surface area (Å²) in [5.74, 6) is 2.60. The van der Waals surface area contributed by atoms with E-state index in [-0.39, 0.29) is 0 Å². The van der Waals surface area contributed by atoms with E-state index in [1.54, 1.807) is 0 Å². The molecule has 0 aromatic heterocycles. The van der Waals surface area contributed by atoms with Crippen LogP contribution < -0.4 is 5.32 Å². The van der Waals surface area contributed by atoms with Crippen molar-refractivity contribution in [1.82, 2.24) is 15.1 Å². The minimum Gasteiger partial charge on any atom is -0.305 e. The third-order valence-electron chi connectivity index (χ3n) is 3.45. The average molecular weight is 223 g/mol. The van der Waals surface area contributed by atoms with Crippen LogP contribution in [-0.4, -0.2) is 61.7 Å². The van der Waals surface area contributed by atoms with E-state index in [9.17, 15) is 0 Å². The van der Waals surface area contributed by atoms with Gasteiger partial charge in [-0.25, -0.2) is 0 Å². The lowest BCUT2D eigenvalue weighted by atomic mass is 10.2. The quantitative estimate of drug-likeness (QED) is 0.526. The highest BCUT2D eigenvalue weighted by atomic mass is 15.3. The van der Waals surface area contributed by atoms with E-state index in [1.807, 2.05) is 0 Å². The zero-order valence-electron chi connectivity index (χ0n) is 10.7. The van der Waals surface area contributed by atoms with Crippen molar-refractivity contribution < 1.29 is 0 Å². The molecule has 1 aliphatic rings.